The van der Waals surface area contributed by atoms with Gasteiger partial charge in [-0.3, -0.25) is 0 Å². The van der Waals surface area contributed by atoms with Crippen LogP contribution < -0.4 is 5.32 Å². The van der Waals surface area contributed by atoms with Gasteiger partial charge < -0.3 is 19.8 Å². The van der Waals surface area contributed by atoms with E-state index in [1.165, 1.54) is 14.2 Å². The summed E-state index contributed by atoms with van der Waals surface area (Å²) in [6, 6.07) is 13.1. The molecule has 2 aromatic carbocycles. The maximum absolute atomic E-state index is 11.9. The number of carbonyl (C=O) groups is 2. The number of hydrogen-bond donors (Lipinski definition) is 2. The lowest BCUT2D eigenvalue weighted by molar-refractivity contribution is -0.138. The van der Waals surface area contributed by atoms with Gasteiger partial charge in [0.1, 0.15) is 11.5 Å². The van der Waals surface area contributed by atoms with Gasteiger partial charge in [0, 0.05) is 15.7 Å². The number of halogens is 1. The third-order valence-electron chi connectivity index (χ3n) is 3.75. The Hall–Kier alpha value is -3.13. The van der Waals surface area contributed by atoms with E-state index in [4.69, 9.17) is 0 Å². The van der Waals surface area contributed by atoms with Gasteiger partial charge in [-0.2, -0.15) is 0 Å². The lowest BCUT2D eigenvalue weighted by atomic mass is 10.2. The van der Waals surface area contributed by atoms with Crippen LogP contribution in [0.25, 0.3) is 22.4 Å². The predicted octanol–water partition coefficient (Wildman–Crippen LogP) is 3.63. The minimum atomic E-state index is -0.680. The molecule has 138 valence electrons. The van der Waals surface area contributed by atoms with Crippen molar-refractivity contribution < 1.29 is 19.1 Å². The summed E-state index contributed by atoms with van der Waals surface area (Å²) in [5.74, 6) is -0.614. The van der Waals surface area contributed by atoms with Gasteiger partial charge in [-0.25, -0.2) is 14.6 Å². The summed E-state index contributed by atoms with van der Waals surface area (Å²) in [6.45, 7) is 0. The lowest BCUT2D eigenvalue weighted by Gasteiger charge is -2.08. The Morgan fingerprint density at radius 1 is 1.11 bits per heavy atom. The second kappa shape index (κ2) is 8.05. The lowest BCUT2D eigenvalue weighted by Crippen LogP contribution is -2.15. The Kier molecular flexibility index (Phi) is 5.56. The molecule has 0 aliphatic rings. The molecule has 0 radical (unpaired) electrons. The maximum Gasteiger partial charge on any atom is 0.354 e. The topological polar surface area (TPSA) is 93.3 Å². The van der Waals surface area contributed by atoms with Crippen LogP contribution in [0.2, 0.25) is 0 Å². The molecule has 0 aliphatic heterocycles. The van der Waals surface area contributed by atoms with E-state index in [0.717, 1.165) is 33.0 Å². The van der Waals surface area contributed by atoms with Gasteiger partial charge in [-0.15, -0.1) is 0 Å². The normalized spacial score (nSPS) is 11.3. The number of aromatic amines is 1. The van der Waals surface area contributed by atoms with Gasteiger partial charge in [0.05, 0.1) is 31.3 Å². The van der Waals surface area contributed by atoms with Crippen molar-refractivity contribution in [3.05, 3.63) is 58.7 Å². The largest absolute Gasteiger partial charge is 0.466 e. The average molecular weight is 430 g/mol. The van der Waals surface area contributed by atoms with Crippen LogP contribution in [0.3, 0.4) is 0 Å². The van der Waals surface area contributed by atoms with Crippen molar-refractivity contribution in [1.29, 1.82) is 0 Å². The summed E-state index contributed by atoms with van der Waals surface area (Å²) < 4.78 is 10.2. The Labute approximate surface area is 163 Å². The molecule has 0 amide bonds. The Morgan fingerprint density at radius 2 is 1.85 bits per heavy atom. The number of fused-ring (bicyclic) bond motifs is 1. The highest BCUT2D eigenvalue weighted by molar-refractivity contribution is 9.10. The number of nitrogens with one attached hydrogen (secondary N) is 2. The molecule has 8 heteroatoms. The zero-order valence-electron chi connectivity index (χ0n) is 14.6. The number of benzene rings is 2. The molecule has 27 heavy (non-hydrogen) atoms. The number of imidazole rings is 1. The number of esters is 2. The monoisotopic (exact) mass is 429 g/mol. The van der Waals surface area contributed by atoms with Gasteiger partial charge in [-0.05, 0) is 30.3 Å². The molecular weight excluding hydrogens is 414 g/mol. The maximum atomic E-state index is 11.9. The SMILES string of the molecule is COC(=O)/C=C(/Nc1ccc2nc(-c3ccc(Br)cc3)[nH]c2c1)C(=O)OC. The minimum absolute atomic E-state index is 0.0312. The number of aromatic nitrogens is 2. The van der Waals surface area contributed by atoms with Gasteiger partial charge in [0.25, 0.3) is 0 Å². The number of rotatable bonds is 5. The summed E-state index contributed by atoms with van der Waals surface area (Å²) in [6.07, 6.45) is 1.04. The highest BCUT2D eigenvalue weighted by Crippen LogP contribution is 2.24. The third kappa shape index (κ3) is 4.35. The zero-order chi connectivity index (χ0) is 19.4. The summed E-state index contributed by atoms with van der Waals surface area (Å²) in [5, 5.41) is 2.88. The molecule has 1 aromatic heterocycles. The fraction of sp³-hybridized carbons (Fsp3) is 0.105. The first kappa shape index (κ1) is 18.7. The fourth-order valence-corrected chi connectivity index (χ4v) is 2.68. The van der Waals surface area contributed by atoms with Crippen LogP contribution in [-0.2, 0) is 19.1 Å². The summed E-state index contributed by atoms with van der Waals surface area (Å²) in [5.41, 5.74) is 3.06. The molecule has 0 saturated heterocycles. The summed E-state index contributed by atoms with van der Waals surface area (Å²) in [7, 11) is 2.46. The molecule has 0 atom stereocenters. The van der Waals surface area contributed by atoms with E-state index in [9.17, 15) is 9.59 Å². The number of methoxy groups -OCH3 is 2. The van der Waals surface area contributed by atoms with Crippen molar-refractivity contribution in [2.75, 3.05) is 19.5 Å². The van der Waals surface area contributed by atoms with E-state index in [1.807, 2.05) is 30.3 Å². The number of H-pyrrole nitrogens is 1. The molecule has 0 bridgehead atoms. The van der Waals surface area contributed by atoms with E-state index in [-0.39, 0.29) is 5.70 Å². The molecule has 2 N–H and O–H groups in total. The minimum Gasteiger partial charge on any atom is -0.466 e. The zero-order valence-corrected chi connectivity index (χ0v) is 16.2. The van der Waals surface area contributed by atoms with Crippen molar-refractivity contribution in [1.82, 2.24) is 9.97 Å². The van der Waals surface area contributed by atoms with E-state index in [1.54, 1.807) is 12.1 Å². The van der Waals surface area contributed by atoms with E-state index < -0.39 is 11.9 Å². The molecular formula is C19H16BrN3O4. The standard InChI is InChI=1S/C19H16BrN3O4/c1-26-17(24)10-16(19(25)27-2)21-13-7-8-14-15(9-13)23-18(22-14)11-3-5-12(20)6-4-11/h3-10,21H,1-2H3,(H,22,23)/b16-10+. The van der Waals surface area contributed by atoms with Crippen molar-refractivity contribution in [2.45, 2.75) is 0 Å². The van der Waals surface area contributed by atoms with E-state index in [2.05, 4.69) is 40.7 Å². The number of hydrogen-bond acceptors (Lipinski definition) is 6. The van der Waals surface area contributed by atoms with Gasteiger partial charge in [0.15, 0.2) is 0 Å². The Morgan fingerprint density at radius 3 is 2.52 bits per heavy atom. The van der Waals surface area contributed by atoms with Crippen molar-refractivity contribution in [3.8, 4) is 11.4 Å². The molecule has 0 saturated carbocycles. The van der Waals surface area contributed by atoms with Crippen molar-refractivity contribution in [2.24, 2.45) is 0 Å². The van der Waals surface area contributed by atoms with Gasteiger partial charge in [-0.1, -0.05) is 28.1 Å². The highest BCUT2D eigenvalue weighted by Gasteiger charge is 2.14. The Balaban J connectivity index is 1.91. The fourth-order valence-electron chi connectivity index (χ4n) is 2.42. The average Bonchev–Trinajstić information content (AvgIpc) is 3.10. The second-order valence-corrected chi connectivity index (χ2v) is 6.44. The quantitative estimate of drug-likeness (QED) is 0.475. The van der Waals surface area contributed by atoms with Crippen molar-refractivity contribution in [3.63, 3.8) is 0 Å². The van der Waals surface area contributed by atoms with Crippen LogP contribution in [0, 0.1) is 0 Å². The van der Waals surface area contributed by atoms with Crippen LogP contribution in [-0.4, -0.2) is 36.1 Å². The molecule has 0 fully saturated rings. The highest BCUT2D eigenvalue weighted by atomic mass is 79.9. The first-order valence-electron chi connectivity index (χ1n) is 7.91. The van der Waals surface area contributed by atoms with Crippen LogP contribution in [0.5, 0.6) is 0 Å². The number of ether oxygens (including phenoxy) is 2. The van der Waals surface area contributed by atoms with Gasteiger partial charge >= 0.3 is 11.9 Å². The van der Waals surface area contributed by atoms with Crippen molar-refractivity contribution >= 4 is 44.6 Å². The second-order valence-electron chi connectivity index (χ2n) is 5.52. The smallest absolute Gasteiger partial charge is 0.354 e. The molecule has 3 rings (SSSR count). The van der Waals surface area contributed by atoms with Crippen LogP contribution >= 0.6 is 15.9 Å². The predicted molar refractivity (Wildman–Crippen MR) is 105 cm³/mol. The third-order valence-corrected chi connectivity index (χ3v) is 4.28. The molecule has 7 nitrogen and oxygen atoms in total. The molecule has 0 unspecified atom stereocenters. The molecule has 3 aromatic rings. The molecule has 1 heterocycles. The van der Waals surface area contributed by atoms with E-state index in [0.29, 0.717) is 5.69 Å². The molecule has 0 aliphatic carbocycles. The number of anilines is 1. The van der Waals surface area contributed by atoms with Gasteiger partial charge in [0.2, 0.25) is 0 Å². The van der Waals surface area contributed by atoms with Crippen LogP contribution in [0.15, 0.2) is 58.7 Å². The first-order valence-corrected chi connectivity index (χ1v) is 8.70. The van der Waals surface area contributed by atoms with Crippen LogP contribution in [0.4, 0.5) is 5.69 Å². The summed E-state index contributed by atoms with van der Waals surface area (Å²) >= 11 is 3.41. The van der Waals surface area contributed by atoms with E-state index >= 15 is 0 Å². The Bertz CT molecular complexity index is 1030. The number of carbonyl (C=O) groups excluding carboxylic acids is 2. The molecule has 0 spiro atoms. The summed E-state index contributed by atoms with van der Waals surface area (Å²) in [4.78, 5) is 31.1. The first-order chi connectivity index (χ1) is 13.0. The number of nitrogens with zero attached hydrogens (tertiary/aromatic N) is 1. The van der Waals surface area contributed by atoms with Crippen LogP contribution in [0.1, 0.15) is 0 Å².